The minimum absolute atomic E-state index is 0.154. The zero-order valence-corrected chi connectivity index (χ0v) is 18.1. The number of aliphatic hydroxyl groups excluding tert-OH is 1. The molecule has 0 amide bonds. The molecule has 0 spiro atoms. The molecule has 6 heteroatoms. The summed E-state index contributed by atoms with van der Waals surface area (Å²) in [5.41, 5.74) is 5.20. The minimum atomic E-state index is -0.315. The smallest absolute Gasteiger partial charge is 0.145 e. The normalized spacial score (nSPS) is 14.8. The standard InChI is InChI=1S/C24H28N4O2/c1-14-10-17-18(11-15(14)2)27-23(26-17)21-19(29)13-28(22(21)25)12-16-8-6-7-9-20(16)30-24(3,4)5/h6-11,25,29H,12-13H2,1-5H3,(H,26,27). The number of rotatable bonds is 4. The Morgan fingerprint density at radius 2 is 1.87 bits per heavy atom. The average Bonchev–Trinajstić information content (AvgIpc) is 3.15. The van der Waals surface area contributed by atoms with Gasteiger partial charge >= 0.3 is 0 Å². The number of hydrogen-bond acceptors (Lipinski definition) is 4. The number of nitrogens with one attached hydrogen (secondary N) is 2. The number of hydrogen-bond donors (Lipinski definition) is 3. The van der Waals surface area contributed by atoms with E-state index < -0.39 is 0 Å². The molecule has 0 radical (unpaired) electrons. The molecule has 0 bridgehead atoms. The molecule has 0 saturated carbocycles. The number of ether oxygens (including phenoxy) is 1. The number of aliphatic hydroxyl groups is 1. The third kappa shape index (κ3) is 3.77. The summed E-state index contributed by atoms with van der Waals surface area (Å²) in [5, 5.41) is 19.4. The third-order valence-corrected chi connectivity index (χ3v) is 5.27. The zero-order valence-electron chi connectivity index (χ0n) is 18.1. The van der Waals surface area contributed by atoms with Gasteiger partial charge in [-0.25, -0.2) is 4.98 Å². The zero-order chi connectivity index (χ0) is 21.6. The van der Waals surface area contributed by atoms with Crippen molar-refractivity contribution in [3.63, 3.8) is 0 Å². The van der Waals surface area contributed by atoms with Gasteiger partial charge in [-0.15, -0.1) is 0 Å². The second kappa shape index (κ2) is 7.20. The van der Waals surface area contributed by atoms with Gasteiger partial charge in [-0.3, -0.25) is 5.41 Å². The van der Waals surface area contributed by atoms with Crippen LogP contribution in [0, 0.1) is 19.3 Å². The molecule has 30 heavy (non-hydrogen) atoms. The molecular formula is C24H28N4O2. The highest BCUT2D eigenvalue weighted by atomic mass is 16.5. The van der Waals surface area contributed by atoms with Gasteiger partial charge in [-0.1, -0.05) is 18.2 Å². The predicted molar refractivity (Wildman–Crippen MR) is 120 cm³/mol. The van der Waals surface area contributed by atoms with Gasteiger partial charge in [0.1, 0.15) is 28.8 Å². The lowest BCUT2D eigenvalue weighted by molar-refractivity contribution is 0.128. The second-order valence-electron chi connectivity index (χ2n) is 8.89. The molecule has 6 nitrogen and oxygen atoms in total. The summed E-state index contributed by atoms with van der Waals surface area (Å²) in [7, 11) is 0. The fourth-order valence-electron chi connectivity index (χ4n) is 3.67. The highest BCUT2D eigenvalue weighted by Gasteiger charge is 2.31. The number of fused-ring (bicyclic) bond motifs is 1. The first-order valence-electron chi connectivity index (χ1n) is 10.1. The molecular weight excluding hydrogens is 376 g/mol. The van der Waals surface area contributed by atoms with Crippen LogP contribution >= 0.6 is 0 Å². The number of nitrogens with zero attached hydrogens (tertiary/aromatic N) is 2. The number of imidazole rings is 1. The Morgan fingerprint density at radius 3 is 2.60 bits per heavy atom. The summed E-state index contributed by atoms with van der Waals surface area (Å²) < 4.78 is 6.09. The van der Waals surface area contributed by atoms with Crippen molar-refractivity contribution in [1.29, 1.82) is 5.41 Å². The quantitative estimate of drug-likeness (QED) is 0.563. The summed E-state index contributed by atoms with van der Waals surface area (Å²) in [6, 6.07) is 11.9. The van der Waals surface area contributed by atoms with Crippen molar-refractivity contribution in [2.24, 2.45) is 0 Å². The van der Waals surface area contributed by atoms with E-state index in [1.54, 1.807) is 0 Å². The Hall–Kier alpha value is -3.28. The van der Waals surface area contributed by atoms with Gasteiger partial charge in [0.2, 0.25) is 0 Å². The molecule has 0 unspecified atom stereocenters. The van der Waals surface area contributed by atoms with Crippen LogP contribution < -0.4 is 4.74 Å². The van der Waals surface area contributed by atoms with Crippen molar-refractivity contribution in [2.45, 2.75) is 46.8 Å². The van der Waals surface area contributed by atoms with Crippen LogP contribution in [0.1, 0.15) is 43.3 Å². The van der Waals surface area contributed by atoms with Crippen molar-refractivity contribution in [3.8, 4) is 5.75 Å². The summed E-state index contributed by atoms with van der Waals surface area (Å²) in [6.07, 6.45) is 0. The number of aryl methyl sites for hydroxylation is 2. The fourth-order valence-corrected chi connectivity index (χ4v) is 3.67. The van der Waals surface area contributed by atoms with Gasteiger partial charge < -0.3 is 19.7 Å². The number of aromatic nitrogens is 2. The molecule has 1 aromatic heterocycles. The maximum absolute atomic E-state index is 10.7. The summed E-state index contributed by atoms with van der Waals surface area (Å²) in [4.78, 5) is 9.74. The van der Waals surface area contributed by atoms with Crippen LogP contribution in [-0.2, 0) is 6.54 Å². The Bertz CT molecular complexity index is 1130. The lowest BCUT2D eigenvalue weighted by atomic mass is 10.1. The summed E-state index contributed by atoms with van der Waals surface area (Å²) >= 11 is 0. The first-order valence-corrected chi connectivity index (χ1v) is 10.1. The van der Waals surface area contributed by atoms with Crippen LogP contribution in [0.2, 0.25) is 0 Å². The van der Waals surface area contributed by atoms with E-state index >= 15 is 0 Å². The van der Waals surface area contributed by atoms with Crippen molar-refractivity contribution >= 4 is 22.4 Å². The molecule has 4 rings (SSSR count). The summed E-state index contributed by atoms with van der Waals surface area (Å²) in [5.74, 6) is 1.73. The van der Waals surface area contributed by atoms with Crippen molar-refractivity contribution in [1.82, 2.24) is 14.9 Å². The third-order valence-electron chi connectivity index (χ3n) is 5.27. The van der Waals surface area contributed by atoms with E-state index in [4.69, 9.17) is 10.1 Å². The van der Waals surface area contributed by atoms with Crippen molar-refractivity contribution in [3.05, 3.63) is 64.7 Å². The van der Waals surface area contributed by atoms with Crippen LogP contribution in [0.15, 0.2) is 42.2 Å². The number of benzene rings is 2. The molecule has 1 aliphatic heterocycles. The monoisotopic (exact) mass is 404 g/mol. The predicted octanol–water partition coefficient (Wildman–Crippen LogP) is 5.12. The molecule has 156 valence electrons. The van der Waals surface area contributed by atoms with Gasteiger partial charge in [0.25, 0.3) is 0 Å². The van der Waals surface area contributed by atoms with Crippen LogP contribution in [0.4, 0.5) is 0 Å². The molecule has 3 N–H and O–H groups in total. The molecule has 0 aliphatic carbocycles. The van der Waals surface area contributed by atoms with Gasteiger partial charge in [0.15, 0.2) is 0 Å². The highest BCUT2D eigenvalue weighted by Crippen LogP contribution is 2.31. The average molecular weight is 405 g/mol. The molecule has 2 heterocycles. The largest absolute Gasteiger partial charge is 0.510 e. The van der Waals surface area contributed by atoms with E-state index in [1.807, 2.05) is 56.0 Å². The Balaban J connectivity index is 1.61. The number of amidine groups is 1. The van der Waals surface area contributed by atoms with Crippen LogP contribution in [0.5, 0.6) is 5.75 Å². The van der Waals surface area contributed by atoms with Crippen molar-refractivity contribution < 1.29 is 9.84 Å². The molecule has 3 aromatic rings. The first kappa shape index (κ1) is 20.0. The van der Waals surface area contributed by atoms with Gasteiger partial charge in [-0.05, 0) is 63.9 Å². The van der Waals surface area contributed by atoms with Crippen LogP contribution in [0.25, 0.3) is 16.6 Å². The summed E-state index contributed by atoms with van der Waals surface area (Å²) in [6.45, 7) is 10.9. The fraction of sp³-hybridized carbons (Fsp3) is 0.333. The topological polar surface area (TPSA) is 85.2 Å². The lowest BCUT2D eigenvalue weighted by Gasteiger charge is -2.25. The second-order valence-corrected chi connectivity index (χ2v) is 8.89. The van der Waals surface area contributed by atoms with Crippen LogP contribution in [0.3, 0.4) is 0 Å². The Morgan fingerprint density at radius 1 is 1.17 bits per heavy atom. The number of H-pyrrole nitrogens is 1. The first-order chi connectivity index (χ1) is 14.1. The van der Waals surface area contributed by atoms with Gasteiger partial charge in [0.05, 0.1) is 23.2 Å². The number of aromatic amines is 1. The molecule has 0 atom stereocenters. The van der Waals surface area contributed by atoms with E-state index in [1.165, 1.54) is 5.56 Å². The van der Waals surface area contributed by atoms with E-state index in [9.17, 15) is 5.11 Å². The lowest BCUT2D eigenvalue weighted by Crippen LogP contribution is -2.28. The molecule has 0 fully saturated rings. The van der Waals surface area contributed by atoms with Crippen LogP contribution in [-0.4, -0.2) is 38.0 Å². The van der Waals surface area contributed by atoms with E-state index in [0.29, 0.717) is 17.9 Å². The van der Waals surface area contributed by atoms with E-state index in [-0.39, 0.29) is 23.7 Å². The molecule has 1 aliphatic rings. The maximum Gasteiger partial charge on any atom is 0.145 e. The number of para-hydroxylation sites is 1. The Kier molecular flexibility index (Phi) is 4.80. The maximum atomic E-state index is 10.7. The highest BCUT2D eigenvalue weighted by molar-refractivity contribution is 6.23. The Labute approximate surface area is 176 Å². The molecule has 0 saturated heterocycles. The SMILES string of the molecule is Cc1cc2nc(C3=C(O)CN(Cc4ccccc4OC(C)(C)C)C3=N)[nH]c2cc1C. The van der Waals surface area contributed by atoms with E-state index in [0.717, 1.165) is 27.9 Å². The van der Waals surface area contributed by atoms with Crippen molar-refractivity contribution in [2.75, 3.05) is 6.54 Å². The van der Waals surface area contributed by atoms with E-state index in [2.05, 4.69) is 29.9 Å². The molecule has 2 aromatic carbocycles. The van der Waals surface area contributed by atoms with Gasteiger partial charge in [-0.2, -0.15) is 0 Å². The van der Waals surface area contributed by atoms with Gasteiger partial charge in [0, 0.05) is 12.1 Å². The minimum Gasteiger partial charge on any atom is -0.510 e.